The fourth-order valence-electron chi connectivity index (χ4n) is 8.89. The number of nitrogens with zero attached hydrogens (tertiary/aromatic N) is 1. The molecule has 1 saturated heterocycles. The minimum absolute atomic E-state index is 0.0112. The standard InChI is InChI=1S/C40H57N3O7/c1-5-11-26(36(48)33(46)20-24-18-19-24)21-32(45)35-28-15-9-14-27(28)23-43(35)39(50)37(40(2,3)4)42-38(49)29(25-12-7-6-8-13-25)22-31(44)30-16-10-17-34(47)41-30/h10,16-17,24-29,35,37H,5-9,11-15,18-23H2,1-4H3,(H,41,47)(H,42,49)/t26-,27+,28+,29+,35+,37-/m1/s1. The van der Waals surface area contributed by atoms with Gasteiger partial charge in [-0.15, -0.1) is 0 Å². The maximum absolute atomic E-state index is 14.7. The van der Waals surface area contributed by atoms with Gasteiger partial charge < -0.3 is 15.2 Å². The summed E-state index contributed by atoms with van der Waals surface area (Å²) in [6.07, 6.45) is 10.5. The van der Waals surface area contributed by atoms with Crippen LogP contribution >= 0.6 is 0 Å². The second-order valence-corrected chi connectivity index (χ2v) is 16.7. The Kier molecular flexibility index (Phi) is 12.3. The molecular weight excluding hydrogens is 634 g/mol. The molecule has 2 heterocycles. The molecule has 0 spiro atoms. The van der Waals surface area contributed by atoms with E-state index in [2.05, 4.69) is 10.3 Å². The largest absolute Gasteiger partial charge is 0.344 e. The predicted octanol–water partition coefficient (Wildman–Crippen LogP) is 5.62. The van der Waals surface area contributed by atoms with Gasteiger partial charge in [-0.1, -0.05) is 65.9 Å². The molecule has 3 saturated carbocycles. The molecule has 4 fully saturated rings. The van der Waals surface area contributed by atoms with E-state index in [4.69, 9.17) is 0 Å². The normalized spacial score (nSPS) is 24.2. The summed E-state index contributed by atoms with van der Waals surface area (Å²) in [5.74, 6) is -2.93. The molecule has 0 radical (unpaired) electrons. The lowest BCUT2D eigenvalue weighted by Gasteiger charge is -2.38. The quantitative estimate of drug-likeness (QED) is 0.169. The third-order valence-corrected chi connectivity index (χ3v) is 11.8. The maximum Gasteiger partial charge on any atom is 0.248 e. The number of pyridine rings is 1. The summed E-state index contributed by atoms with van der Waals surface area (Å²) in [6, 6.07) is 2.75. The number of Topliss-reactive ketones (excluding diaryl/α,β-unsaturated/α-hetero) is 4. The van der Waals surface area contributed by atoms with E-state index in [1.807, 2.05) is 27.7 Å². The van der Waals surface area contributed by atoms with E-state index >= 15 is 0 Å². The Morgan fingerprint density at radius 3 is 2.28 bits per heavy atom. The number of ketones is 4. The summed E-state index contributed by atoms with van der Waals surface area (Å²) in [6.45, 7) is 8.03. The van der Waals surface area contributed by atoms with Gasteiger partial charge in [-0.3, -0.25) is 33.6 Å². The van der Waals surface area contributed by atoms with Crippen molar-refractivity contribution in [3.8, 4) is 0 Å². The average molecular weight is 692 g/mol. The van der Waals surface area contributed by atoms with Crippen LogP contribution in [0, 0.1) is 40.9 Å². The number of carbonyl (C=O) groups is 6. The molecule has 1 aromatic heterocycles. The van der Waals surface area contributed by atoms with Crippen LogP contribution in [0.5, 0.6) is 0 Å². The Hall–Kier alpha value is -3.43. The van der Waals surface area contributed by atoms with Crippen LogP contribution in [-0.4, -0.2) is 63.5 Å². The molecule has 10 heteroatoms. The highest BCUT2D eigenvalue weighted by atomic mass is 16.2. The predicted molar refractivity (Wildman–Crippen MR) is 189 cm³/mol. The molecule has 0 bridgehead atoms. The number of fused-ring (bicyclic) bond motifs is 1. The molecule has 0 aromatic carbocycles. The minimum atomic E-state index is -0.949. The number of aromatic amines is 1. The number of aromatic nitrogens is 1. The molecule has 0 unspecified atom stereocenters. The number of carbonyl (C=O) groups excluding carboxylic acids is 6. The number of hydrogen-bond acceptors (Lipinski definition) is 7. The van der Waals surface area contributed by atoms with Gasteiger partial charge in [0.1, 0.15) is 6.04 Å². The van der Waals surface area contributed by atoms with Crippen molar-refractivity contribution in [2.75, 3.05) is 6.54 Å². The third kappa shape index (κ3) is 9.07. The van der Waals surface area contributed by atoms with E-state index in [0.717, 1.165) is 64.2 Å². The monoisotopic (exact) mass is 691 g/mol. The van der Waals surface area contributed by atoms with E-state index in [0.29, 0.717) is 19.4 Å². The maximum atomic E-state index is 14.7. The number of hydrogen-bond donors (Lipinski definition) is 2. The van der Waals surface area contributed by atoms with Crippen molar-refractivity contribution < 1.29 is 28.8 Å². The summed E-state index contributed by atoms with van der Waals surface area (Å²) in [5.41, 5.74) is -0.934. The molecule has 3 aliphatic carbocycles. The van der Waals surface area contributed by atoms with Crippen LogP contribution in [-0.2, 0) is 24.0 Å². The van der Waals surface area contributed by atoms with Crippen molar-refractivity contribution >= 4 is 34.9 Å². The highest BCUT2D eigenvalue weighted by molar-refractivity contribution is 6.38. The van der Waals surface area contributed by atoms with Gasteiger partial charge in [-0.2, -0.15) is 0 Å². The summed E-state index contributed by atoms with van der Waals surface area (Å²) in [4.78, 5) is 98.8. The lowest BCUT2D eigenvalue weighted by Crippen LogP contribution is -2.58. The van der Waals surface area contributed by atoms with Crippen molar-refractivity contribution in [3.05, 3.63) is 34.2 Å². The van der Waals surface area contributed by atoms with Crippen molar-refractivity contribution in [2.45, 2.75) is 136 Å². The molecule has 1 aromatic rings. The van der Waals surface area contributed by atoms with Crippen molar-refractivity contribution in [1.29, 1.82) is 0 Å². The minimum Gasteiger partial charge on any atom is -0.344 e. The van der Waals surface area contributed by atoms with Crippen LogP contribution in [0.2, 0.25) is 0 Å². The van der Waals surface area contributed by atoms with Gasteiger partial charge in [0.05, 0.1) is 11.7 Å². The smallest absolute Gasteiger partial charge is 0.248 e. The zero-order valence-corrected chi connectivity index (χ0v) is 30.5. The molecule has 4 aliphatic rings. The summed E-state index contributed by atoms with van der Waals surface area (Å²) >= 11 is 0. The SMILES string of the molecule is CCC[C@H](CC(=O)[C@@H]1[C@H]2CCC[C@H]2CN1C(=O)[C@@H](NC(=O)[C@@H](CC(=O)c1cccc(=O)[nH]1)C1CCCCC1)C(C)(C)C)C(=O)C(=O)CC1CC1. The van der Waals surface area contributed by atoms with Gasteiger partial charge in [0, 0.05) is 43.7 Å². The van der Waals surface area contributed by atoms with Crippen molar-refractivity contribution in [2.24, 2.45) is 40.9 Å². The Bertz CT molecular complexity index is 1500. The van der Waals surface area contributed by atoms with Crippen LogP contribution in [0.1, 0.15) is 134 Å². The Morgan fingerprint density at radius 1 is 0.920 bits per heavy atom. The van der Waals surface area contributed by atoms with E-state index in [1.165, 1.54) is 12.1 Å². The molecule has 5 rings (SSSR count). The number of nitrogens with one attached hydrogen (secondary N) is 2. The molecule has 274 valence electrons. The van der Waals surface area contributed by atoms with Crippen LogP contribution in [0.4, 0.5) is 0 Å². The molecule has 2 N–H and O–H groups in total. The van der Waals surface area contributed by atoms with E-state index in [9.17, 15) is 33.6 Å². The molecule has 50 heavy (non-hydrogen) atoms. The van der Waals surface area contributed by atoms with E-state index < -0.39 is 35.1 Å². The Balaban J connectivity index is 1.36. The topological polar surface area (TPSA) is 151 Å². The first kappa shape index (κ1) is 37.8. The lowest BCUT2D eigenvalue weighted by molar-refractivity contribution is -0.146. The zero-order chi connectivity index (χ0) is 36.2. The summed E-state index contributed by atoms with van der Waals surface area (Å²) in [7, 11) is 0. The van der Waals surface area contributed by atoms with Crippen LogP contribution in [0.25, 0.3) is 0 Å². The second kappa shape index (κ2) is 16.3. The highest BCUT2D eigenvalue weighted by Crippen LogP contribution is 2.44. The number of likely N-dealkylation sites (tertiary alicyclic amines) is 1. The molecule has 1 aliphatic heterocycles. The molecule has 6 atom stereocenters. The van der Waals surface area contributed by atoms with Gasteiger partial charge in [-0.25, -0.2) is 0 Å². The Morgan fingerprint density at radius 2 is 1.64 bits per heavy atom. The van der Waals surface area contributed by atoms with Crippen molar-refractivity contribution in [1.82, 2.24) is 15.2 Å². The second-order valence-electron chi connectivity index (χ2n) is 16.7. The summed E-state index contributed by atoms with van der Waals surface area (Å²) < 4.78 is 0. The number of rotatable bonds is 16. The van der Waals surface area contributed by atoms with Gasteiger partial charge in [-0.05, 0) is 80.1 Å². The lowest BCUT2D eigenvalue weighted by atomic mass is 9.76. The van der Waals surface area contributed by atoms with Crippen LogP contribution in [0.3, 0.4) is 0 Å². The molecule has 2 amide bonds. The zero-order valence-electron chi connectivity index (χ0n) is 30.5. The van der Waals surface area contributed by atoms with E-state index in [1.54, 1.807) is 11.0 Å². The van der Waals surface area contributed by atoms with Crippen LogP contribution < -0.4 is 10.9 Å². The first-order chi connectivity index (χ1) is 23.8. The van der Waals surface area contributed by atoms with Crippen LogP contribution in [0.15, 0.2) is 23.0 Å². The van der Waals surface area contributed by atoms with E-state index in [-0.39, 0.29) is 83.4 Å². The first-order valence-electron chi connectivity index (χ1n) is 19.2. The molecule has 10 nitrogen and oxygen atoms in total. The number of amides is 2. The Labute approximate surface area is 296 Å². The highest BCUT2D eigenvalue weighted by Gasteiger charge is 2.52. The fourth-order valence-corrected chi connectivity index (χ4v) is 8.89. The van der Waals surface area contributed by atoms with Gasteiger partial charge in [0.25, 0.3) is 0 Å². The van der Waals surface area contributed by atoms with Crippen molar-refractivity contribution in [3.63, 3.8) is 0 Å². The third-order valence-electron chi connectivity index (χ3n) is 11.8. The first-order valence-corrected chi connectivity index (χ1v) is 19.2. The number of H-pyrrole nitrogens is 1. The van der Waals surface area contributed by atoms with Gasteiger partial charge in [0.2, 0.25) is 23.2 Å². The summed E-state index contributed by atoms with van der Waals surface area (Å²) in [5, 5.41) is 3.08. The van der Waals surface area contributed by atoms with Gasteiger partial charge >= 0.3 is 0 Å². The van der Waals surface area contributed by atoms with Gasteiger partial charge in [0.15, 0.2) is 17.3 Å². The average Bonchev–Trinajstić information content (AvgIpc) is 3.65. The molecular formula is C40H57N3O7. The fraction of sp³-hybridized carbons (Fsp3) is 0.725.